The molecule has 1 aromatic rings. The van der Waals surface area contributed by atoms with E-state index in [0.717, 1.165) is 17.8 Å². The van der Waals surface area contributed by atoms with Gasteiger partial charge in [-0.25, -0.2) is 0 Å². The first-order valence-electron chi connectivity index (χ1n) is 7.95. The van der Waals surface area contributed by atoms with Gasteiger partial charge >= 0.3 is 0 Å². The van der Waals surface area contributed by atoms with E-state index >= 15 is 0 Å². The van der Waals surface area contributed by atoms with Crippen LogP contribution in [0.1, 0.15) is 44.1 Å². The molecule has 0 unspecified atom stereocenters. The van der Waals surface area contributed by atoms with E-state index in [9.17, 15) is 0 Å². The molecular weight excluding hydrogens is 230 g/mol. The van der Waals surface area contributed by atoms with E-state index in [2.05, 4.69) is 43.1 Å². The summed E-state index contributed by atoms with van der Waals surface area (Å²) in [6.07, 6.45) is 8.93. The van der Waals surface area contributed by atoms with Crippen LogP contribution in [0.15, 0.2) is 24.3 Å². The lowest BCUT2D eigenvalue weighted by Crippen LogP contribution is -2.59. The number of hydrogen-bond acceptors (Lipinski definition) is 1. The first-order chi connectivity index (χ1) is 9.14. The lowest BCUT2D eigenvalue weighted by atomic mass is 9.52. The summed E-state index contributed by atoms with van der Waals surface area (Å²) in [6, 6.07) is 9.14. The van der Waals surface area contributed by atoms with Crippen LogP contribution in [0.2, 0.25) is 0 Å². The van der Waals surface area contributed by atoms with Gasteiger partial charge in [-0.2, -0.15) is 0 Å². The Balaban J connectivity index is 1.65. The monoisotopic (exact) mass is 255 g/mol. The number of anilines is 1. The van der Waals surface area contributed by atoms with E-state index in [1.54, 1.807) is 0 Å². The average molecular weight is 255 g/mol. The van der Waals surface area contributed by atoms with Gasteiger partial charge in [0.2, 0.25) is 0 Å². The first kappa shape index (κ1) is 11.8. The van der Waals surface area contributed by atoms with Gasteiger partial charge in [-0.05, 0) is 75.3 Å². The minimum absolute atomic E-state index is 0.490. The van der Waals surface area contributed by atoms with Crippen LogP contribution in [0.3, 0.4) is 0 Å². The molecule has 0 aromatic heterocycles. The molecule has 4 bridgehead atoms. The van der Waals surface area contributed by atoms with Crippen LogP contribution in [-0.4, -0.2) is 12.6 Å². The van der Waals surface area contributed by atoms with Crippen LogP contribution < -0.4 is 4.90 Å². The second kappa shape index (κ2) is 4.01. The second-order valence-electron chi connectivity index (χ2n) is 7.54. The molecule has 0 N–H and O–H groups in total. The van der Waals surface area contributed by atoms with Crippen molar-refractivity contribution in [2.75, 3.05) is 11.9 Å². The quantitative estimate of drug-likeness (QED) is 0.757. The molecule has 102 valence electrons. The van der Waals surface area contributed by atoms with Crippen molar-refractivity contribution in [2.45, 2.75) is 51.0 Å². The van der Waals surface area contributed by atoms with Crippen molar-refractivity contribution < 1.29 is 0 Å². The molecule has 4 aliphatic rings. The summed E-state index contributed by atoms with van der Waals surface area (Å²) in [4.78, 5) is 2.64. The Labute approximate surface area is 117 Å². The highest BCUT2D eigenvalue weighted by Gasteiger charge is 2.52. The summed E-state index contributed by atoms with van der Waals surface area (Å²) in [5.41, 5.74) is 3.28. The molecule has 5 rings (SSSR count). The molecule has 0 atom stereocenters. The highest BCUT2D eigenvalue weighted by molar-refractivity contribution is 5.50. The predicted molar refractivity (Wildman–Crippen MR) is 80.5 cm³/mol. The summed E-state index contributed by atoms with van der Waals surface area (Å²) in [7, 11) is 2.35. The van der Waals surface area contributed by atoms with Crippen molar-refractivity contribution >= 4 is 5.69 Å². The fourth-order valence-electron chi connectivity index (χ4n) is 5.52. The van der Waals surface area contributed by atoms with E-state index in [1.807, 2.05) is 0 Å². The molecule has 19 heavy (non-hydrogen) atoms. The lowest BCUT2D eigenvalue weighted by Gasteiger charge is -2.60. The van der Waals surface area contributed by atoms with E-state index in [4.69, 9.17) is 0 Å². The zero-order valence-corrected chi connectivity index (χ0v) is 12.2. The third-order valence-electron chi connectivity index (χ3n) is 6.14. The highest BCUT2D eigenvalue weighted by atomic mass is 15.2. The summed E-state index contributed by atoms with van der Waals surface area (Å²) >= 11 is 0. The van der Waals surface area contributed by atoms with E-state index in [1.165, 1.54) is 49.8 Å². The molecule has 0 spiro atoms. The largest absolute Gasteiger partial charge is 0.369 e. The molecule has 0 saturated heterocycles. The Morgan fingerprint density at radius 1 is 0.895 bits per heavy atom. The van der Waals surface area contributed by atoms with Crippen molar-refractivity contribution in [1.29, 1.82) is 0 Å². The molecule has 1 heteroatoms. The number of aryl methyl sites for hydroxylation is 1. The van der Waals surface area contributed by atoms with Crippen molar-refractivity contribution in [3.63, 3.8) is 0 Å². The normalized spacial score (nSPS) is 39.6. The average Bonchev–Trinajstić information content (AvgIpc) is 2.37. The van der Waals surface area contributed by atoms with Gasteiger partial charge in [0, 0.05) is 18.3 Å². The van der Waals surface area contributed by atoms with Crippen LogP contribution >= 0.6 is 0 Å². The van der Waals surface area contributed by atoms with Gasteiger partial charge in [0.1, 0.15) is 0 Å². The molecule has 0 heterocycles. The number of benzene rings is 1. The maximum absolute atomic E-state index is 2.64. The maximum atomic E-state index is 2.64. The summed E-state index contributed by atoms with van der Waals surface area (Å²) < 4.78 is 0. The van der Waals surface area contributed by atoms with Gasteiger partial charge in [-0.3, -0.25) is 0 Å². The smallest absolute Gasteiger partial charge is 0.0407 e. The Hall–Kier alpha value is -0.980. The molecular formula is C18H25N. The molecule has 4 fully saturated rings. The summed E-state index contributed by atoms with van der Waals surface area (Å²) in [6.45, 7) is 2.18. The van der Waals surface area contributed by atoms with Gasteiger partial charge in [0.15, 0.2) is 0 Å². The molecule has 4 aliphatic carbocycles. The van der Waals surface area contributed by atoms with Gasteiger partial charge in [0.25, 0.3) is 0 Å². The van der Waals surface area contributed by atoms with E-state index in [0.29, 0.717) is 5.54 Å². The minimum Gasteiger partial charge on any atom is -0.369 e. The first-order valence-corrected chi connectivity index (χ1v) is 7.95. The van der Waals surface area contributed by atoms with Crippen molar-refractivity contribution in [2.24, 2.45) is 17.8 Å². The molecule has 1 aromatic carbocycles. The second-order valence-corrected chi connectivity index (χ2v) is 7.54. The van der Waals surface area contributed by atoms with Crippen LogP contribution in [0.25, 0.3) is 0 Å². The Bertz CT molecular complexity index is 438. The molecule has 0 aliphatic heterocycles. The van der Waals surface area contributed by atoms with Crippen LogP contribution in [0, 0.1) is 24.7 Å². The number of nitrogens with zero attached hydrogens (tertiary/aromatic N) is 1. The predicted octanol–water partition coefficient (Wildman–Crippen LogP) is 4.40. The van der Waals surface area contributed by atoms with Crippen LogP contribution in [0.4, 0.5) is 5.69 Å². The Morgan fingerprint density at radius 2 is 1.37 bits per heavy atom. The third kappa shape index (κ3) is 1.81. The van der Waals surface area contributed by atoms with Crippen LogP contribution in [-0.2, 0) is 0 Å². The number of rotatable bonds is 2. The topological polar surface area (TPSA) is 3.24 Å². The molecule has 1 nitrogen and oxygen atoms in total. The fraction of sp³-hybridized carbons (Fsp3) is 0.667. The Morgan fingerprint density at radius 3 is 1.84 bits per heavy atom. The van der Waals surface area contributed by atoms with Gasteiger partial charge < -0.3 is 4.90 Å². The summed E-state index contributed by atoms with van der Waals surface area (Å²) in [5.74, 6) is 3.08. The minimum atomic E-state index is 0.490. The molecule has 0 amide bonds. The highest BCUT2D eigenvalue weighted by Crippen LogP contribution is 2.58. The van der Waals surface area contributed by atoms with Crippen molar-refractivity contribution in [3.05, 3.63) is 29.8 Å². The maximum Gasteiger partial charge on any atom is 0.0407 e. The zero-order valence-electron chi connectivity index (χ0n) is 12.2. The van der Waals surface area contributed by atoms with Gasteiger partial charge in [-0.15, -0.1) is 0 Å². The number of hydrogen-bond donors (Lipinski definition) is 0. The van der Waals surface area contributed by atoms with Crippen LogP contribution in [0.5, 0.6) is 0 Å². The standard InChI is InChI=1S/C18H25N/c1-13-3-5-17(6-4-13)19(2)18-10-14-7-15(11-18)9-16(8-14)12-18/h3-6,14-16H,7-12H2,1-2H3. The van der Waals surface area contributed by atoms with Gasteiger partial charge in [-0.1, -0.05) is 17.7 Å². The lowest BCUT2D eigenvalue weighted by molar-refractivity contribution is -0.00200. The van der Waals surface area contributed by atoms with E-state index < -0.39 is 0 Å². The fourth-order valence-corrected chi connectivity index (χ4v) is 5.52. The molecule has 4 saturated carbocycles. The summed E-state index contributed by atoms with van der Waals surface area (Å²) in [5, 5.41) is 0. The SMILES string of the molecule is Cc1ccc(N(C)C23CC4CC(CC(C4)C2)C3)cc1. The van der Waals surface area contributed by atoms with Crippen molar-refractivity contribution in [3.8, 4) is 0 Å². The van der Waals surface area contributed by atoms with Crippen molar-refractivity contribution in [1.82, 2.24) is 0 Å². The Kier molecular flexibility index (Phi) is 2.49. The van der Waals surface area contributed by atoms with E-state index in [-0.39, 0.29) is 0 Å². The molecule has 0 radical (unpaired) electrons. The zero-order chi connectivity index (χ0) is 13.0. The van der Waals surface area contributed by atoms with Gasteiger partial charge in [0.05, 0.1) is 0 Å². The third-order valence-corrected chi connectivity index (χ3v) is 6.14.